The zero-order valence-corrected chi connectivity index (χ0v) is 14.6. The Morgan fingerprint density at radius 1 is 1.35 bits per heavy atom. The van der Waals surface area contributed by atoms with Gasteiger partial charge in [0.05, 0.1) is 5.69 Å². The molecule has 1 atom stereocenters. The summed E-state index contributed by atoms with van der Waals surface area (Å²) in [6, 6.07) is 0.196. The van der Waals surface area contributed by atoms with E-state index in [9.17, 15) is 4.79 Å². The Kier molecular flexibility index (Phi) is 5.05. The van der Waals surface area contributed by atoms with Gasteiger partial charge in [-0.15, -0.1) is 0 Å². The van der Waals surface area contributed by atoms with Crippen molar-refractivity contribution in [2.24, 2.45) is 5.92 Å². The van der Waals surface area contributed by atoms with E-state index in [1.165, 1.54) is 12.8 Å². The number of rotatable bonds is 7. The van der Waals surface area contributed by atoms with Crippen LogP contribution in [0.5, 0.6) is 0 Å². The normalized spacial score (nSPS) is 20.2. The maximum absolute atomic E-state index is 12.8. The van der Waals surface area contributed by atoms with Gasteiger partial charge in [0.2, 0.25) is 0 Å². The maximum atomic E-state index is 12.8. The minimum Gasteiger partial charge on any atom is -0.361 e. The Hall–Kier alpha value is -1.36. The van der Waals surface area contributed by atoms with Gasteiger partial charge < -0.3 is 14.7 Å². The second kappa shape index (κ2) is 7.04. The molecule has 2 fully saturated rings. The molecule has 5 nitrogen and oxygen atoms in total. The molecule has 0 bridgehead atoms. The topological polar surface area (TPSA) is 58.4 Å². The SMILES string of the molecule is Cc1onc(C2CC2)c1C(=O)N[C@@H](CC(C)C)CN1CCCC1. The highest BCUT2D eigenvalue weighted by molar-refractivity contribution is 5.96. The average molecular weight is 319 g/mol. The van der Waals surface area contributed by atoms with E-state index in [-0.39, 0.29) is 11.9 Å². The van der Waals surface area contributed by atoms with E-state index >= 15 is 0 Å². The summed E-state index contributed by atoms with van der Waals surface area (Å²) < 4.78 is 5.29. The van der Waals surface area contributed by atoms with Gasteiger partial charge in [0.15, 0.2) is 0 Å². The van der Waals surface area contributed by atoms with Crippen LogP contribution in [-0.4, -0.2) is 41.6 Å². The highest BCUT2D eigenvalue weighted by Crippen LogP contribution is 2.41. The van der Waals surface area contributed by atoms with Crippen LogP contribution in [0.2, 0.25) is 0 Å². The van der Waals surface area contributed by atoms with E-state index in [0.29, 0.717) is 23.2 Å². The largest absolute Gasteiger partial charge is 0.361 e. The molecule has 2 heterocycles. The van der Waals surface area contributed by atoms with E-state index < -0.39 is 0 Å². The summed E-state index contributed by atoms with van der Waals surface area (Å²) in [6.07, 6.45) is 5.80. The number of carbonyl (C=O) groups excluding carboxylic acids is 1. The second-order valence-corrected chi connectivity index (χ2v) is 7.58. The first-order chi connectivity index (χ1) is 11.0. The van der Waals surface area contributed by atoms with Gasteiger partial charge in [-0.2, -0.15) is 0 Å². The number of hydrogen-bond acceptors (Lipinski definition) is 4. The number of aryl methyl sites for hydroxylation is 1. The molecule has 2 aliphatic rings. The molecule has 5 heteroatoms. The quantitative estimate of drug-likeness (QED) is 0.839. The van der Waals surface area contributed by atoms with Gasteiger partial charge in [-0.3, -0.25) is 4.79 Å². The first-order valence-electron chi connectivity index (χ1n) is 9.04. The smallest absolute Gasteiger partial charge is 0.257 e. The van der Waals surface area contributed by atoms with Crippen molar-refractivity contribution in [3.8, 4) is 0 Å². The van der Waals surface area contributed by atoms with E-state index in [1.54, 1.807) is 0 Å². The van der Waals surface area contributed by atoms with Crippen LogP contribution in [0.25, 0.3) is 0 Å². The van der Waals surface area contributed by atoms with Crippen molar-refractivity contribution in [1.29, 1.82) is 0 Å². The maximum Gasteiger partial charge on any atom is 0.257 e. The fraction of sp³-hybridized carbons (Fsp3) is 0.778. The summed E-state index contributed by atoms with van der Waals surface area (Å²) in [5, 5.41) is 7.38. The van der Waals surface area contributed by atoms with Crippen LogP contribution in [0.15, 0.2) is 4.52 Å². The molecule has 1 aliphatic heterocycles. The summed E-state index contributed by atoms with van der Waals surface area (Å²) in [5.41, 5.74) is 1.55. The number of nitrogens with zero attached hydrogens (tertiary/aromatic N) is 2. The van der Waals surface area contributed by atoms with Crippen molar-refractivity contribution in [3.05, 3.63) is 17.0 Å². The van der Waals surface area contributed by atoms with Gasteiger partial charge in [0, 0.05) is 18.5 Å². The van der Waals surface area contributed by atoms with Crippen LogP contribution in [0, 0.1) is 12.8 Å². The Morgan fingerprint density at radius 3 is 2.65 bits per heavy atom. The average Bonchev–Trinajstić information content (AvgIpc) is 3.05. The summed E-state index contributed by atoms with van der Waals surface area (Å²) in [5.74, 6) is 1.63. The van der Waals surface area contributed by atoms with Crippen LogP contribution in [0.4, 0.5) is 0 Å². The lowest BCUT2D eigenvalue weighted by Gasteiger charge is -2.26. The Morgan fingerprint density at radius 2 is 2.04 bits per heavy atom. The number of amides is 1. The van der Waals surface area contributed by atoms with Gasteiger partial charge in [-0.1, -0.05) is 19.0 Å². The van der Waals surface area contributed by atoms with Crippen molar-refractivity contribution in [1.82, 2.24) is 15.4 Å². The number of hydrogen-bond donors (Lipinski definition) is 1. The number of likely N-dealkylation sites (tertiary alicyclic amines) is 1. The van der Waals surface area contributed by atoms with Crippen molar-refractivity contribution < 1.29 is 9.32 Å². The van der Waals surface area contributed by atoms with Gasteiger partial charge in [0.1, 0.15) is 11.3 Å². The van der Waals surface area contributed by atoms with E-state index in [1.807, 2.05) is 6.92 Å². The Labute approximate surface area is 138 Å². The monoisotopic (exact) mass is 319 g/mol. The molecular formula is C18H29N3O2. The van der Waals surface area contributed by atoms with Crippen LogP contribution < -0.4 is 5.32 Å². The van der Waals surface area contributed by atoms with E-state index in [4.69, 9.17) is 4.52 Å². The third-order valence-electron chi connectivity index (χ3n) is 4.85. The molecule has 1 aromatic heterocycles. The zero-order valence-electron chi connectivity index (χ0n) is 14.6. The molecule has 3 rings (SSSR count). The van der Waals surface area contributed by atoms with Gasteiger partial charge in [-0.05, 0) is 58.0 Å². The minimum absolute atomic E-state index is 0.00417. The lowest BCUT2D eigenvalue weighted by atomic mass is 10.0. The standard InChI is InChI=1S/C18H29N3O2/c1-12(2)10-15(11-21-8-4-5-9-21)19-18(22)16-13(3)23-20-17(16)14-6-7-14/h12,14-15H,4-11H2,1-3H3,(H,19,22)/t15-/m0/s1. The first kappa shape index (κ1) is 16.5. The first-order valence-corrected chi connectivity index (χ1v) is 9.04. The molecule has 23 heavy (non-hydrogen) atoms. The molecule has 0 aromatic carbocycles. The molecule has 1 saturated heterocycles. The van der Waals surface area contributed by atoms with Gasteiger partial charge in [0.25, 0.3) is 5.91 Å². The number of carbonyl (C=O) groups is 1. The molecule has 0 spiro atoms. The highest BCUT2D eigenvalue weighted by Gasteiger charge is 2.34. The highest BCUT2D eigenvalue weighted by atomic mass is 16.5. The van der Waals surface area contributed by atoms with Crippen molar-refractivity contribution in [2.45, 2.75) is 64.8 Å². The Bertz CT molecular complexity index is 542. The van der Waals surface area contributed by atoms with Crippen LogP contribution in [0.1, 0.15) is 73.7 Å². The summed E-state index contributed by atoms with van der Waals surface area (Å²) in [4.78, 5) is 15.3. The Balaban J connectivity index is 1.68. The number of aromatic nitrogens is 1. The zero-order chi connectivity index (χ0) is 16.4. The third kappa shape index (κ3) is 4.14. The molecule has 1 amide bonds. The van der Waals surface area contributed by atoms with Crippen molar-refractivity contribution in [2.75, 3.05) is 19.6 Å². The molecule has 1 aromatic rings. The predicted molar refractivity (Wildman–Crippen MR) is 89.6 cm³/mol. The fourth-order valence-corrected chi connectivity index (χ4v) is 3.58. The van der Waals surface area contributed by atoms with Crippen molar-refractivity contribution in [3.63, 3.8) is 0 Å². The van der Waals surface area contributed by atoms with Crippen LogP contribution >= 0.6 is 0 Å². The lowest BCUT2D eigenvalue weighted by Crippen LogP contribution is -2.44. The van der Waals surface area contributed by atoms with E-state index in [0.717, 1.165) is 44.6 Å². The summed E-state index contributed by atoms with van der Waals surface area (Å²) in [7, 11) is 0. The molecule has 1 aliphatic carbocycles. The van der Waals surface area contributed by atoms with Crippen LogP contribution in [0.3, 0.4) is 0 Å². The fourth-order valence-electron chi connectivity index (χ4n) is 3.58. The summed E-state index contributed by atoms with van der Waals surface area (Å²) >= 11 is 0. The van der Waals surface area contributed by atoms with E-state index in [2.05, 4.69) is 29.2 Å². The summed E-state index contributed by atoms with van der Waals surface area (Å²) in [6.45, 7) is 9.53. The molecule has 0 radical (unpaired) electrons. The molecule has 1 N–H and O–H groups in total. The van der Waals surface area contributed by atoms with Crippen molar-refractivity contribution >= 4 is 5.91 Å². The molecular weight excluding hydrogens is 290 g/mol. The van der Waals surface area contributed by atoms with Gasteiger partial charge >= 0.3 is 0 Å². The molecule has 128 valence electrons. The molecule has 1 saturated carbocycles. The predicted octanol–water partition coefficient (Wildman–Crippen LogP) is 3.10. The van der Waals surface area contributed by atoms with Gasteiger partial charge in [-0.25, -0.2) is 0 Å². The number of nitrogens with one attached hydrogen (secondary N) is 1. The molecule has 0 unspecified atom stereocenters. The van der Waals surface area contributed by atoms with Crippen LogP contribution in [-0.2, 0) is 0 Å². The minimum atomic E-state index is -0.00417. The third-order valence-corrected chi connectivity index (χ3v) is 4.85. The second-order valence-electron chi connectivity index (χ2n) is 7.58. The lowest BCUT2D eigenvalue weighted by molar-refractivity contribution is 0.0919.